The summed E-state index contributed by atoms with van der Waals surface area (Å²) in [7, 11) is 0. The zero-order valence-corrected chi connectivity index (χ0v) is 11.9. The largest absolute Gasteiger partial charge is 0.450 e. The molecular formula is C13H12F3N3O3. The van der Waals surface area contributed by atoms with Gasteiger partial charge in [0.25, 0.3) is 5.89 Å². The predicted molar refractivity (Wildman–Crippen MR) is 67.3 cm³/mol. The third-order valence-corrected chi connectivity index (χ3v) is 2.65. The van der Waals surface area contributed by atoms with Gasteiger partial charge >= 0.3 is 12.1 Å². The highest BCUT2D eigenvalue weighted by molar-refractivity contribution is 5.66. The van der Waals surface area contributed by atoms with Crippen molar-refractivity contribution in [3.05, 3.63) is 29.9 Å². The van der Waals surface area contributed by atoms with Gasteiger partial charge in [0, 0.05) is 18.7 Å². The first kappa shape index (κ1) is 15.9. The molecule has 0 N–H and O–H groups in total. The van der Waals surface area contributed by atoms with Gasteiger partial charge in [0.1, 0.15) is 5.69 Å². The number of nitrogens with zero attached hydrogens (tertiary/aromatic N) is 3. The molecule has 9 heteroatoms. The van der Waals surface area contributed by atoms with Crippen molar-refractivity contribution >= 4 is 5.97 Å². The number of hydrogen-bond acceptors (Lipinski definition) is 6. The van der Waals surface area contributed by atoms with Gasteiger partial charge in [-0.15, -0.1) is 0 Å². The van der Waals surface area contributed by atoms with E-state index < -0.39 is 23.4 Å². The summed E-state index contributed by atoms with van der Waals surface area (Å²) in [6, 6.07) is 2.14. The van der Waals surface area contributed by atoms with Gasteiger partial charge < -0.3 is 9.26 Å². The number of halogens is 3. The fraction of sp³-hybridized carbons (Fsp3) is 0.385. The number of alkyl halides is 3. The van der Waals surface area contributed by atoms with Crippen LogP contribution in [0, 0.1) is 0 Å². The molecule has 0 fully saturated rings. The van der Waals surface area contributed by atoms with Crippen LogP contribution in [0.15, 0.2) is 22.9 Å². The molecule has 0 aliphatic heterocycles. The molecule has 2 aromatic rings. The van der Waals surface area contributed by atoms with E-state index in [0.29, 0.717) is 0 Å². The molecule has 6 nitrogen and oxygen atoms in total. The maximum Gasteiger partial charge on any atom is 0.433 e. The lowest BCUT2D eigenvalue weighted by molar-refractivity contribution is -0.157. The second-order valence-corrected chi connectivity index (χ2v) is 4.95. The molecule has 22 heavy (non-hydrogen) atoms. The quantitative estimate of drug-likeness (QED) is 0.810. The Labute approximate surface area is 123 Å². The smallest absolute Gasteiger partial charge is 0.433 e. The van der Waals surface area contributed by atoms with Crippen LogP contribution in [0.25, 0.3) is 11.4 Å². The molecule has 0 amide bonds. The number of ether oxygens (including phenoxy) is 1. The summed E-state index contributed by atoms with van der Waals surface area (Å²) in [6.07, 6.45) is -3.56. The van der Waals surface area contributed by atoms with E-state index in [9.17, 15) is 18.0 Å². The first-order valence-corrected chi connectivity index (χ1v) is 6.17. The van der Waals surface area contributed by atoms with Crippen molar-refractivity contribution in [1.82, 2.24) is 15.1 Å². The van der Waals surface area contributed by atoms with Crippen LogP contribution in [0.4, 0.5) is 13.2 Å². The topological polar surface area (TPSA) is 78.1 Å². The molecule has 0 saturated carbocycles. The number of pyridine rings is 1. The molecule has 0 radical (unpaired) electrons. The van der Waals surface area contributed by atoms with Crippen molar-refractivity contribution in [3.63, 3.8) is 0 Å². The van der Waals surface area contributed by atoms with Crippen LogP contribution in [0.1, 0.15) is 32.4 Å². The van der Waals surface area contributed by atoms with Gasteiger partial charge in [0.05, 0.1) is 0 Å². The van der Waals surface area contributed by atoms with Gasteiger partial charge in [0.15, 0.2) is 5.60 Å². The van der Waals surface area contributed by atoms with E-state index >= 15 is 0 Å². The first-order valence-electron chi connectivity index (χ1n) is 6.17. The minimum Gasteiger partial charge on any atom is -0.450 e. The molecule has 118 valence electrons. The summed E-state index contributed by atoms with van der Waals surface area (Å²) in [5.41, 5.74) is -2.15. The molecule has 2 aromatic heterocycles. The average Bonchev–Trinajstić information content (AvgIpc) is 2.86. The van der Waals surface area contributed by atoms with E-state index in [0.717, 1.165) is 12.3 Å². The zero-order chi connectivity index (χ0) is 16.5. The summed E-state index contributed by atoms with van der Waals surface area (Å²) in [5.74, 6) is -0.626. The van der Waals surface area contributed by atoms with E-state index in [1.54, 1.807) is 0 Å². The summed E-state index contributed by atoms with van der Waals surface area (Å²) in [6.45, 7) is 4.27. The Balaban J connectivity index is 2.34. The molecule has 0 spiro atoms. The number of carbonyl (C=O) groups is 1. The fourth-order valence-corrected chi connectivity index (χ4v) is 1.71. The Hall–Kier alpha value is -2.45. The van der Waals surface area contributed by atoms with E-state index in [1.807, 2.05) is 0 Å². The normalized spacial score (nSPS) is 12.3. The molecule has 0 aliphatic rings. The van der Waals surface area contributed by atoms with Gasteiger partial charge in [-0.25, -0.2) is 0 Å². The highest BCUT2D eigenvalue weighted by Gasteiger charge is 2.34. The maximum absolute atomic E-state index is 12.6. The van der Waals surface area contributed by atoms with Crippen LogP contribution in [-0.2, 0) is 21.3 Å². The highest BCUT2D eigenvalue weighted by Crippen LogP contribution is 2.30. The molecule has 0 bridgehead atoms. The van der Waals surface area contributed by atoms with Gasteiger partial charge in [-0.1, -0.05) is 5.16 Å². The standard InChI is InChI=1S/C13H12F3N3O3/c1-7(20)21-12(2,3)11-18-10(19-22-11)8-4-5-17-9(6-8)13(14,15)16/h4-6H,1-3H3. The van der Waals surface area contributed by atoms with Crippen LogP contribution in [0.2, 0.25) is 0 Å². The van der Waals surface area contributed by atoms with Gasteiger partial charge in [0.2, 0.25) is 5.82 Å². The van der Waals surface area contributed by atoms with Crippen molar-refractivity contribution in [2.75, 3.05) is 0 Å². The number of rotatable bonds is 3. The summed E-state index contributed by atoms with van der Waals surface area (Å²) in [4.78, 5) is 18.2. The molecule has 0 saturated heterocycles. The first-order chi connectivity index (χ1) is 10.1. The Morgan fingerprint density at radius 2 is 2.00 bits per heavy atom. The second kappa shape index (κ2) is 5.39. The monoisotopic (exact) mass is 315 g/mol. The molecule has 0 aromatic carbocycles. The molecule has 0 unspecified atom stereocenters. The lowest BCUT2D eigenvalue weighted by Crippen LogP contribution is -2.24. The molecule has 0 atom stereocenters. The van der Waals surface area contributed by atoms with E-state index in [4.69, 9.17) is 9.26 Å². The summed E-state index contributed by atoms with van der Waals surface area (Å²) in [5, 5.41) is 3.61. The highest BCUT2D eigenvalue weighted by atomic mass is 19.4. The Morgan fingerprint density at radius 1 is 1.32 bits per heavy atom. The number of carbonyl (C=O) groups excluding carboxylic acids is 1. The number of hydrogen-bond donors (Lipinski definition) is 0. The van der Waals surface area contributed by atoms with Crippen LogP contribution in [0.3, 0.4) is 0 Å². The Kier molecular flexibility index (Phi) is 3.90. The SMILES string of the molecule is CC(=O)OC(C)(C)c1nc(-c2ccnc(C(F)(F)F)c2)no1. The van der Waals surface area contributed by atoms with Crippen molar-refractivity contribution in [3.8, 4) is 11.4 Å². The third-order valence-electron chi connectivity index (χ3n) is 2.65. The van der Waals surface area contributed by atoms with Gasteiger partial charge in [-0.3, -0.25) is 9.78 Å². The van der Waals surface area contributed by atoms with Gasteiger partial charge in [-0.2, -0.15) is 18.2 Å². The summed E-state index contributed by atoms with van der Waals surface area (Å²) < 4.78 is 47.9. The predicted octanol–water partition coefficient (Wildman–Crippen LogP) is 2.95. The number of aromatic nitrogens is 3. The lowest BCUT2D eigenvalue weighted by Gasteiger charge is -2.19. The molecule has 2 heterocycles. The Bertz CT molecular complexity index is 695. The van der Waals surface area contributed by atoms with Crippen LogP contribution in [-0.4, -0.2) is 21.1 Å². The minimum atomic E-state index is -4.57. The molecule has 0 aliphatic carbocycles. The van der Waals surface area contributed by atoms with Crippen molar-refractivity contribution in [2.24, 2.45) is 0 Å². The van der Waals surface area contributed by atoms with E-state index in [2.05, 4.69) is 15.1 Å². The maximum atomic E-state index is 12.6. The zero-order valence-electron chi connectivity index (χ0n) is 11.9. The molecular weight excluding hydrogens is 303 g/mol. The summed E-state index contributed by atoms with van der Waals surface area (Å²) >= 11 is 0. The van der Waals surface area contributed by atoms with Crippen molar-refractivity contribution in [1.29, 1.82) is 0 Å². The van der Waals surface area contributed by atoms with Crippen molar-refractivity contribution < 1.29 is 27.2 Å². The number of esters is 1. The lowest BCUT2D eigenvalue weighted by atomic mass is 10.1. The van der Waals surface area contributed by atoms with E-state index in [1.165, 1.54) is 26.8 Å². The fourth-order valence-electron chi connectivity index (χ4n) is 1.71. The Morgan fingerprint density at radius 3 is 2.59 bits per heavy atom. The van der Waals surface area contributed by atoms with Gasteiger partial charge in [-0.05, 0) is 26.0 Å². The second-order valence-electron chi connectivity index (χ2n) is 4.95. The van der Waals surface area contributed by atoms with E-state index in [-0.39, 0.29) is 17.3 Å². The van der Waals surface area contributed by atoms with Crippen LogP contribution in [0.5, 0.6) is 0 Å². The molecule has 2 rings (SSSR count). The van der Waals surface area contributed by atoms with Crippen LogP contribution >= 0.6 is 0 Å². The van der Waals surface area contributed by atoms with Crippen LogP contribution < -0.4 is 0 Å². The minimum absolute atomic E-state index is 0.0249. The van der Waals surface area contributed by atoms with Crippen molar-refractivity contribution in [2.45, 2.75) is 32.5 Å². The average molecular weight is 315 g/mol. The third kappa shape index (κ3) is 3.41.